The van der Waals surface area contributed by atoms with Gasteiger partial charge in [-0.2, -0.15) is 0 Å². The highest BCUT2D eigenvalue weighted by molar-refractivity contribution is 7.09. The number of likely N-dealkylation sites (tertiary alicyclic amines) is 2. The van der Waals surface area contributed by atoms with Crippen LogP contribution in [0, 0.1) is 5.92 Å². The minimum atomic E-state index is -0.0944. The van der Waals surface area contributed by atoms with Crippen molar-refractivity contribution in [1.82, 2.24) is 20.1 Å². The summed E-state index contributed by atoms with van der Waals surface area (Å²) in [5, 5.41) is 5.93. The van der Waals surface area contributed by atoms with Gasteiger partial charge in [0.25, 0.3) is 0 Å². The highest BCUT2D eigenvalue weighted by Crippen LogP contribution is 2.31. The summed E-state index contributed by atoms with van der Waals surface area (Å²) >= 11 is 1.57. The first-order valence-electron chi connectivity index (χ1n) is 9.30. The van der Waals surface area contributed by atoms with Gasteiger partial charge in [0.1, 0.15) is 5.01 Å². The Labute approximate surface area is 153 Å². The summed E-state index contributed by atoms with van der Waals surface area (Å²) in [6.07, 6.45) is 7.45. The highest BCUT2D eigenvalue weighted by Gasteiger charge is 2.32. The molecule has 0 spiro atoms. The smallest absolute Gasteiger partial charge is 0.236 e. The fourth-order valence-corrected chi connectivity index (χ4v) is 4.69. The van der Waals surface area contributed by atoms with Gasteiger partial charge < -0.3 is 10.2 Å². The number of carbonyl (C=O) groups is 2. The van der Waals surface area contributed by atoms with Crippen molar-refractivity contribution in [3.8, 4) is 0 Å². The lowest BCUT2D eigenvalue weighted by atomic mass is 9.90. The van der Waals surface area contributed by atoms with Crippen LogP contribution in [0.25, 0.3) is 0 Å². The van der Waals surface area contributed by atoms with Crippen molar-refractivity contribution in [1.29, 1.82) is 0 Å². The molecule has 3 heterocycles. The van der Waals surface area contributed by atoms with E-state index in [0.29, 0.717) is 13.1 Å². The van der Waals surface area contributed by atoms with Gasteiger partial charge in [-0.15, -0.1) is 11.3 Å². The molecule has 2 atom stereocenters. The van der Waals surface area contributed by atoms with Gasteiger partial charge in [0.2, 0.25) is 11.8 Å². The van der Waals surface area contributed by atoms with Gasteiger partial charge >= 0.3 is 0 Å². The van der Waals surface area contributed by atoms with E-state index in [1.165, 1.54) is 19.3 Å². The van der Waals surface area contributed by atoms with E-state index in [2.05, 4.69) is 15.2 Å². The number of hydrogen-bond acceptors (Lipinski definition) is 5. The highest BCUT2D eigenvalue weighted by atomic mass is 32.1. The third-order valence-corrected chi connectivity index (χ3v) is 6.02. The topological polar surface area (TPSA) is 65.5 Å². The molecule has 25 heavy (non-hydrogen) atoms. The average molecular weight is 365 g/mol. The second-order valence-electron chi connectivity index (χ2n) is 7.13. The van der Waals surface area contributed by atoms with Crippen LogP contribution in [0.15, 0.2) is 11.6 Å². The van der Waals surface area contributed by atoms with Crippen molar-refractivity contribution in [2.24, 2.45) is 5.92 Å². The Morgan fingerprint density at radius 1 is 1.28 bits per heavy atom. The van der Waals surface area contributed by atoms with E-state index in [1.807, 2.05) is 10.3 Å². The molecule has 1 aromatic heterocycles. The van der Waals surface area contributed by atoms with Crippen LogP contribution < -0.4 is 5.32 Å². The molecule has 0 saturated carbocycles. The van der Waals surface area contributed by atoms with E-state index in [0.717, 1.165) is 37.5 Å². The van der Waals surface area contributed by atoms with Crippen LogP contribution in [0.4, 0.5) is 0 Å². The number of nitrogens with one attached hydrogen (secondary N) is 1. The zero-order valence-electron chi connectivity index (χ0n) is 14.9. The molecule has 2 saturated heterocycles. The Morgan fingerprint density at radius 2 is 2.08 bits per heavy atom. The lowest BCUT2D eigenvalue weighted by Gasteiger charge is -2.37. The van der Waals surface area contributed by atoms with Crippen LogP contribution in [0.3, 0.4) is 0 Å². The summed E-state index contributed by atoms with van der Waals surface area (Å²) in [5.41, 5.74) is 0. The number of carbonyl (C=O) groups excluding carboxylic acids is 2. The summed E-state index contributed by atoms with van der Waals surface area (Å²) in [6, 6.07) is -0.0944. The lowest BCUT2D eigenvalue weighted by molar-refractivity contribution is -0.134. The molecule has 1 N–H and O–H groups in total. The minimum absolute atomic E-state index is 0.0445. The molecule has 0 aromatic carbocycles. The summed E-state index contributed by atoms with van der Waals surface area (Å²) < 4.78 is 0. The van der Waals surface area contributed by atoms with E-state index < -0.39 is 0 Å². The number of piperidine rings is 2. The predicted octanol–water partition coefficient (Wildman–Crippen LogP) is 2.04. The molecule has 3 rings (SSSR count). The molecule has 0 unspecified atom stereocenters. The molecule has 7 heteroatoms. The lowest BCUT2D eigenvalue weighted by Crippen LogP contribution is -2.48. The molecule has 1 aromatic rings. The van der Waals surface area contributed by atoms with Crippen molar-refractivity contribution in [3.05, 3.63) is 16.6 Å². The summed E-state index contributed by atoms with van der Waals surface area (Å²) in [6.45, 7) is 5.69. The first kappa shape index (κ1) is 18.3. The second kappa shape index (κ2) is 8.76. The maximum Gasteiger partial charge on any atom is 0.236 e. The van der Waals surface area contributed by atoms with Gasteiger partial charge in [0.05, 0.1) is 12.6 Å². The molecule has 2 aliphatic heterocycles. The monoisotopic (exact) mass is 364 g/mol. The van der Waals surface area contributed by atoms with E-state index in [4.69, 9.17) is 0 Å². The normalized spacial score (nSPS) is 23.2. The molecular weight excluding hydrogens is 336 g/mol. The van der Waals surface area contributed by atoms with Gasteiger partial charge in [0, 0.05) is 37.5 Å². The van der Waals surface area contributed by atoms with Crippen molar-refractivity contribution in [3.63, 3.8) is 0 Å². The number of amides is 2. The minimum Gasteiger partial charge on any atom is -0.347 e. The van der Waals surface area contributed by atoms with Crippen LogP contribution in [0.5, 0.6) is 0 Å². The SMILES string of the molecule is CC(=O)N[C@@H](c1nccs1)[C@@H]1CCCN(C(=O)CN2CCCCC2)C1. The molecule has 2 amide bonds. The fraction of sp³-hybridized carbons (Fsp3) is 0.722. The molecule has 138 valence electrons. The van der Waals surface area contributed by atoms with Crippen LogP contribution in [0.2, 0.25) is 0 Å². The molecular formula is C18H28N4O2S. The Morgan fingerprint density at radius 3 is 2.76 bits per heavy atom. The van der Waals surface area contributed by atoms with Crippen LogP contribution in [-0.2, 0) is 9.59 Å². The summed E-state index contributed by atoms with van der Waals surface area (Å²) in [7, 11) is 0. The molecule has 0 aliphatic carbocycles. The third-order valence-electron chi connectivity index (χ3n) is 5.17. The molecule has 6 nitrogen and oxygen atoms in total. The van der Waals surface area contributed by atoms with Gasteiger partial charge in [-0.3, -0.25) is 14.5 Å². The van der Waals surface area contributed by atoms with E-state index in [9.17, 15) is 9.59 Å². The van der Waals surface area contributed by atoms with E-state index in [-0.39, 0.29) is 23.8 Å². The Hall–Kier alpha value is -1.47. The summed E-state index contributed by atoms with van der Waals surface area (Å²) in [5.74, 6) is 0.415. The first-order chi connectivity index (χ1) is 12.1. The fourth-order valence-electron chi connectivity index (χ4n) is 3.91. The first-order valence-corrected chi connectivity index (χ1v) is 10.2. The molecule has 0 radical (unpaired) electrons. The Bertz CT molecular complexity index is 572. The van der Waals surface area contributed by atoms with Gasteiger partial charge in [-0.25, -0.2) is 4.98 Å². The molecule has 2 fully saturated rings. The number of nitrogens with zero attached hydrogens (tertiary/aromatic N) is 3. The van der Waals surface area contributed by atoms with Crippen molar-refractivity contribution < 1.29 is 9.59 Å². The summed E-state index contributed by atoms with van der Waals surface area (Å²) in [4.78, 5) is 33.0. The zero-order valence-corrected chi connectivity index (χ0v) is 15.8. The number of thiazole rings is 1. The van der Waals surface area contributed by atoms with Gasteiger partial charge in [-0.05, 0) is 38.8 Å². The number of rotatable bonds is 5. The Kier molecular flexibility index (Phi) is 6.42. The van der Waals surface area contributed by atoms with Crippen LogP contribution in [-0.4, -0.2) is 59.3 Å². The van der Waals surface area contributed by atoms with Gasteiger partial charge in [-0.1, -0.05) is 6.42 Å². The largest absolute Gasteiger partial charge is 0.347 e. The van der Waals surface area contributed by atoms with Crippen molar-refractivity contribution in [2.75, 3.05) is 32.7 Å². The molecule has 2 aliphatic rings. The second-order valence-corrected chi connectivity index (χ2v) is 8.05. The quantitative estimate of drug-likeness (QED) is 0.868. The maximum absolute atomic E-state index is 12.7. The van der Waals surface area contributed by atoms with Crippen molar-refractivity contribution >= 4 is 23.2 Å². The van der Waals surface area contributed by atoms with Crippen LogP contribution in [0.1, 0.15) is 50.1 Å². The zero-order chi connectivity index (χ0) is 17.6. The van der Waals surface area contributed by atoms with E-state index in [1.54, 1.807) is 24.5 Å². The molecule has 0 bridgehead atoms. The number of aromatic nitrogens is 1. The Balaban J connectivity index is 1.62. The van der Waals surface area contributed by atoms with E-state index >= 15 is 0 Å². The van der Waals surface area contributed by atoms with Gasteiger partial charge in [0.15, 0.2) is 0 Å². The van der Waals surface area contributed by atoms with Crippen molar-refractivity contribution in [2.45, 2.75) is 45.1 Å². The standard InChI is InChI=1S/C18H28N4O2S/c1-14(23)20-17(18-19-7-11-25-18)15-6-5-10-22(12-15)16(24)13-21-8-3-2-4-9-21/h7,11,15,17H,2-6,8-10,12-13H2,1H3,(H,20,23)/t15-,17-/m1/s1. The third kappa shape index (κ3) is 5.01. The average Bonchev–Trinajstić information content (AvgIpc) is 3.15. The predicted molar refractivity (Wildman–Crippen MR) is 98.3 cm³/mol. The maximum atomic E-state index is 12.7. The van der Waals surface area contributed by atoms with Crippen LogP contribution >= 0.6 is 11.3 Å². The number of hydrogen-bond donors (Lipinski definition) is 1.